The lowest BCUT2D eigenvalue weighted by Crippen LogP contribution is -2.07. The zero-order chi connectivity index (χ0) is 11.7. The quantitative estimate of drug-likeness (QED) is 0.853. The third-order valence-corrected chi connectivity index (χ3v) is 2.52. The first-order chi connectivity index (χ1) is 7.63. The van der Waals surface area contributed by atoms with Crippen molar-refractivity contribution in [1.29, 1.82) is 0 Å². The molecule has 0 bridgehead atoms. The SMILES string of the molecule is CCn1c(C(=O)O)ccc1-c1cnn(C)c1. The Labute approximate surface area is 92.9 Å². The molecule has 5 nitrogen and oxygen atoms in total. The van der Waals surface area contributed by atoms with Gasteiger partial charge < -0.3 is 9.67 Å². The molecule has 2 aromatic rings. The van der Waals surface area contributed by atoms with Crippen molar-refractivity contribution in [1.82, 2.24) is 14.3 Å². The van der Waals surface area contributed by atoms with Crippen molar-refractivity contribution in [2.75, 3.05) is 0 Å². The van der Waals surface area contributed by atoms with Crippen LogP contribution in [0.3, 0.4) is 0 Å². The summed E-state index contributed by atoms with van der Waals surface area (Å²) >= 11 is 0. The second-order valence-electron chi connectivity index (χ2n) is 3.56. The Bertz CT molecular complexity index is 525. The van der Waals surface area contributed by atoms with Crippen molar-refractivity contribution in [3.8, 4) is 11.3 Å². The molecule has 0 spiro atoms. The minimum absolute atomic E-state index is 0.307. The standard InChI is InChI=1S/C11H13N3O2/c1-3-14-9(4-5-10(14)11(15)16)8-6-12-13(2)7-8/h4-7H,3H2,1-2H3,(H,15,16). The lowest BCUT2D eigenvalue weighted by molar-refractivity contribution is 0.0685. The van der Waals surface area contributed by atoms with Crippen molar-refractivity contribution >= 4 is 5.97 Å². The first-order valence-electron chi connectivity index (χ1n) is 5.05. The minimum atomic E-state index is -0.906. The molecule has 16 heavy (non-hydrogen) atoms. The van der Waals surface area contributed by atoms with E-state index in [0.29, 0.717) is 12.2 Å². The number of carbonyl (C=O) groups is 1. The molecule has 0 aliphatic carbocycles. The fourth-order valence-corrected chi connectivity index (χ4v) is 1.80. The zero-order valence-electron chi connectivity index (χ0n) is 9.21. The minimum Gasteiger partial charge on any atom is -0.477 e. The number of hydrogen-bond donors (Lipinski definition) is 1. The number of rotatable bonds is 3. The van der Waals surface area contributed by atoms with Crippen LogP contribution in [0, 0.1) is 0 Å². The molecular formula is C11H13N3O2. The normalized spacial score (nSPS) is 10.6. The van der Waals surface area contributed by atoms with Crippen LogP contribution in [-0.4, -0.2) is 25.4 Å². The Hall–Kier alpha value is -2.04. The summed E-state index contributed by atoms with van der Waals surface area (Å²) in [5, 5.41) is 13.1. The number of carboxylic acid groups (broad SMARTS) is 1. The Kier molecular flexibility index (Phi) is 2.52. The maximum atomic E-state index is 11.0. The molecule has 0 fully saturated rings. The number of nitrogens with zero attached hydrogens (tertiary/aromatic N) is 3. The van der Waals surface area contributed by atoms with Crippen molar-refractivity contribution in [3.05, 3.63) is 30.2 Å². The zero-order valence-corrected chi connectivity index (χ0v) is 9.21. The average Bonchev–Trinajstić information content (AvgIpc) is 2.82. The fourth-order valence-electron chi connectivity index (χ4n) is 1.80. The Morgan fingerprint density at radius 1 is 1.50 bits per heavy atom. The molecule has 2 rings (SSSR count). The van der Waals surface area contributed by atoms with Crippen molar-refractivity contribution in [2.24, 2.45) is 7.05 Å². The van der Waals surface area contributed by atoms with Crippen LogP contribution in [-0.2, 0) is 13.6 Å². The van der Waals surface area contributed by atoms with Gasteiger partial charge in [-0.05, 0) is 19.1 Å². The van der Waals surface area contributed by atoms with Crippen LogP contribution in [0.25, 0.3) is 11.3 Å². The van der Waals surface area contributed by atoms with E-state index in [1.807, 2.05) is 26.2 Å². The van der Waals surface area contributed by atoms with E-state index >= 15 is 0 Å². The lowest BCUT2D eigenvalue weighted by Gasteiger charge is -2.06. The van der Waals surface area contributed by atoms with E-state index in [1.54, 1.807) is 21.5 Å². The maximum Gasteiger partial charge on any atom is 0.352 e. The van der Waals surface area contributed by atoms with E-state index in [0.717, 1.165) is 11.3 Å². The third-order valence-electron chi connectivity index (χ3n) is 2.52. The van der Waals surface area contributed by atoms with Gasteiger partial charge in [0, 0.05) is 25.4 Å². The highest BCUT2D eigenvalue weighted by atomic mass is 16.4. The molecule has 2 aromatic heterocycles. The van der Waals surface area contributed by atoms with E-state index in [1.165, 1.54) is 0 Å². The molecule has 0 aliphatic heterocycles. The molecule has 5 heteroatoms. The molecule has 0 amide bonds. The highest BCUT2D eigenvalue weighted by molar-refractivity contribution is 5.87. The summed E-state index contributed by atoms with van der Waals surface area (Å²) in [6.45, 7) is 2.55. The van der Waals surface area contributed by atoms with Gasteiger partial charge in [0.1, 0.15) is 5.69 Å². The topological polar surface area (TPSA) is 60.1 Å². The Morgan fingerprint density at radius 2 is 2.25 bits per heavy atom. The summed E-state index contributed by atoms with van der Waals surface area (Å²) in [5.41, 5.74) is 2.12. The number of hydrogen-bond acceptors (Lipinski definition) is 2. The van der Waals surface area contributed by atoms with Gasteiger partial charge in [-0.15, -0.1) is 0 Å². The monoisotopic (exact) mass is 219 g/mol. The third kappa shape index (κ3) is 1.60. The van der Waals surface area contributed by atoms with E-state index in [9.17, 15) is 4.79 Å². The van der Waals surface area contributed by atoms with Crippen LogP contribution in [0.4, 0.5) is 0 Å². The van der Waals surface area contributed by atoms with Crippen LogP contribution in [0.15, 0.2) is 24.5 Å². The Balaban J connectivity index is 2.53. The molecule has 84 valence electrons. The van der Waals surface area contributed by atoms with Crippen LogP contribution in [0.1, 0.15) is 17.4 Å². The number of carboxylic acids is 1. The lowest BCUT2D eigenvalue weighted by atomic mass is 10.2. The predicted octanol–water partition coefficient (Wildman–Crippen LogP) is 1.61. The van der Waals surface area contributed by atoms with Crippen molar-refractivity contribution < 1.29 is 9.90 Å². The maximum absolute atomic E-state index is 11.0. The molecule has 0 aromatic carbocycles. The van der Waals surface area contributed by atoms with E-state index in [2.05, 4.69) is 5.10 Å². The summed E-state index contributed by atoms with van der Waals surface area (Å²) in [4.78, 5) is 11.0. The average molecular weight is 219 g/mol. The predicted molar refractivity (Wildman–Crippen MR) is 59.3 cm³/mol. The van der Waals surface area contributed by atoms with Crippen LogP contribution < -0.4 is 0 Å². The van der Waals surface area contributed by atoms with Gasteiger partial charge in [0.25, 0.3) is 0 Å². The van der Waals surface area contributed by atoms with Gasteiger partial charge in [-0.2, -0.15) is 5.10 Å². The van der Waals surface area contributed by atoms with Gasteiger partial charge in [-0.3, -0.25) is 4.68 Å². The van der Waals surface area contributed by atoms with Gasteiger partial charge in [0.15, 0.2) is 0 Å². The number of aryl methyl sites for hydroxylation is 1. The molecule has 0 unspecified atom stereocenters. The van der Waals surface area contributed by atoms with Crippen LogP contribution in [0.2, 0.25) is 0 Å². The highest BCUT2D eigenvalue weighted by Crippen LogP contribution is 2.22. The molecule has 2 heterocycles. The largest absolute Gasteiger partial charge is 0.477 e. The molecule has 0 radical (unpaired) electrons. The van der Waals surface area contributed by atoms with Gasteiger partial charge in [-0.1, -0.05) is 0 Å². The van der Waals surface area contributed by atoms with Crippen LogP contribution in [0.5, 0.6) is 0 Å². The second kappa shape index (κ2) is 3.84. The number of aromatic carboxylic acids is 1. The fraction of sp³-hybridized carbons (Fsp3) is 0.273. The molecule has 0 aliphatic rings. The van der Waals surface area contributed by atoms with Crippen molar-refractivity contribution in [3.63, 3.8) is 0 Å². The van der Waals surface area contributed by atoms with Gasteiger partial charge in [0.05, 0.1) is 11.9 Å². The summed E-state index contributed by atoms with van der Waals surface area (Å²) in [5.74, 6) is -0.906. The van der Waals surface area contributed by atoms with E-state index < -0.39 is 5.97 Å². The first-order valence-corrected chi connectivity index (χ1v) is 5.05. The molecule has 1 N–H and O–H groups in total. The molecule has 0 saturated carbocycles. The molecule has 0 saturated heterocycles. The van der Waals surface area contributed by atoms with Gasteiger partial charge in [-0.25, -0.2) is 4.79 Å². The highest BCUT2D eigenvalue weighted by Gasteiger charge is 2.14. The molecule has 0 atom stereocenters. The van der Waals surface area contributed by atoms with Gasteiger partial charge >= 0.3 is 5.97 Å². The van der Waals surface area contributed by atoms with Gasteiger partial charge in [0.2, 0.25) is 0 Å². The van der Waals surface area contributed by atoms with E-state index in [4.69, 9.17) is 5.11 Å². The molecular weight excluding hydrogens is 206 g/mol. The van der Waals surface area contributed by atoms with Crippen LogP contribution >= 0.6 is 0 Å². The summed E-state index contributed by atoms with van der Waals surface area (Å²) in [6, 6.07) is 3.43. The summed E-state index contributed by atoms with van der Waals surface area (Å²) in [7, 11) is 1.83. The Morgan fingerprint density at radius 3 is 2.75 bits per heavy atom. The summed E-state index contributed by atoms with van der Waals surface area (Å²) in [6.07, 6.45) is 3.60. The summed E-state index contributed by atoms with van der Waals surface area (Å²) < 4.78 is 3.46. The number of aromatic nitrogens is 3. The first kappa shape index (κ1) is 10.5. The van der Waals surface area contributed by atoms with Crippen molar-refractivity contribution in [2.45, 2.75) is 13.5 Å². The smallest absolute Gasteiger partial charge is 0.352 e. The van der Waals surface area contributed by atoms with E-state index in [-0.39, 0.29) is 0 Å². The second-order valence-corrected chi connectivity index (χ2v) is 3.56.